The molecule has 0 aliphatic rings. The molecule has 0 aliphatic heterocycles. The number of hydrogen-bond donors (Lipinski definition) is 3. The van der Waals surface area contributed by atoms with Gasteiger partial charge in [-0.25, -0.2) is 4.79 Å². The fourth-order valence-electron chi connectivity index (χ4n) is 4.16. The number of benzene rings is 1. The topological polar surface area (TPSA) is 98.7 Å². The van der Waals surface area contributed by atoms with E-state index in [-0.39, 0.29) is 23.3 Å². The van der Waals surface area contributed by atoms with Crippen molar-refractivity contribution in [1.82, 2.24) is 15.5 Å². The average Bonchev–Trinajstić information content (AvgIpc) is 2.74. The van der Waals surface area contributed by atoms with Gasteiger partial charge in [0.2, 0.25) is 11.8 Å². The number of nitrogens with zero attached hydrogens (tertiary/aromatic N) is 1. The van der Waals surface area contributed by atoms with E-state index in [2.05, 4.69) is 10.6 Å². The van der Waals surface area contributed by atoms with Crippen molar-refractivity contribution in [1.29, 1.82) is 0 Å². The predicted molar refractivity (Wildman–Crippen MR) is 136 cm³/mol. The third-order valence-corrected chi connectivity index (χ3v) is 6.43. The first-order chi connectivity index (χ1) is 15.5. The Kier molecular flexibility index (Phi) is 10.1. The SMILES string of the molecule is CN[C@H](C(=O)NC(C(=O)N(C)[C@H](/C=C(\C)C(=O)O)C(C)C)C(C)(C)C)C(C)(C)c1ccccc1. The van der Waals surface area contributed by atoms with Crippen LogP contribution in [0.4, 0.5) is 0 Å². The molecule has 0 spiro atoms. The fraction of sp³-hybridized carbons (Fsp3) is 0.593. The Labute approximate surface area is 205 Å². The molecule has 3 N–H and O–H groups in total. The number of carbonyl (C=O) groups is 3. The molecule has 3 atom stereocenters. The highest BCUT2D eigenvalue weighted by Gasteiger charge is 2.41. The van der Waals surface area contributed by atoms with Gasteiger partial charge in [-0.15, -0.1) is 0 Å². The Hall–Kier alpha value is -2.67. The summed E-state index contributed by atoms with van der Waals surface area (Å²) in [5, 5.41) is 15.5. The summed E-state index contributed by atoms with van der Waals surface area (Å²) in [6, 6.07) is 7.99. The van der Waals surface area contributed by atoms with Crippen molar-refractivity contribution in [2.45, 2.75) is 78.9 Å². The van der Waals surface area contributed by atoms with E-state index >= 15 is 0 Å². The van der Waals surface area contributed by atoms with Crippen LogP contribution in [0.5, 0.6) is 0 Å². The summed E-state index contributed by atoms with van der Waals surface area (Å²) in [4.78, 5) is 40.1. The molecule has 7 heteroatoms. The van der Waals surface area contributed by atoms with Gasteiger partial charge in [0.15, 0.2) is 0 Å². The van der Waals surface area contributed by atoms with Crippen molar-refractivity contribution >= 4 is 17.8 Å². The van der Waals surface area contributed by atoms with Crippen LogP contribution < -0.4 is 10.6 Å². The number of hydrogen-bond acceptors (Lipinski definition) is 4. The van der Waals surface area contributed by atoms with Gasteiger partial charge in [-0.3, -0.25) is 9.59 Å². The van der Waals surface area contributed by atoms with Gasteiger partial charge in [0.05, 0.1) is 12.1 Å². The summed E-state index contributed by atoms with van der Waals surface area (Å²) in [5.74, 6) is -1.56. The lowest BCUT2D eigenvalue weighted by molar-refractivity contribution is -0.141. The highest BCUT2D eigenvalue weighted by atomic mass is 16.4. The lowest BCUT2D eigenvalue weighted by atomic mass is 9.76. The molecule has 0 heterocycles. The largest absolute Gasteiger partial charge is 0.478 e. The Morgan fingerprint density at radius 2 is 1.53 bits per heavy atom. The Balaban J connectivity index is 3.29. The first kappa shape index (κ1) is 29.4. The highest BCUT2D eigenvalue weighted by molar-refractivity contribution is 5.91. The van der Waals surface area contributed by atoms with E-state index in [0.717, 1.165) is 5.56 Å². The van der Waals surface area contributed by atoms with Gasteiger partial charge in [-0.1, -0.05) is 84.9 Å². The van der Waals surface area contributed by atoms with E-state index in [1.54, 1.807) is 25.1 Å². The molecule has 0 fully saturated rings. The Morgan fingerprint density at radius 3 is 1.94 bits per heavy atom. The molecule has 1 unspecified atom stereocenters. The van der Waals surface area contributed by atoms with Crippen molar-refractivity contribution in [2.75, 3.05) is 14.1 Å². The molecular weight excluding hydrogens is 430 g/mol. The van der Waals surface area contributed by atoms with E-state index in [1.165, 1.54) is 6.92 Å². The third kappa shape index (κ3) is 7.16. The summed E-state index contributed by atoms with van der Waals surface area (Å²) in [5.41, 5.74) is 0.0895. The minimum Gasteiger partial charge on any atom is -0.478 e. The molecule has 0 aromatic heterocycles. The number of aliphatic carboxylic acids is 1. The van der Waals surface area contributed by atoms with Gasteiger partial charge in [-0.05, 0) is 30.9 Å². The van der Waals surface area contributed by atoms with Crippen LogP contribution in [0, 0.1) is 11.3 Å². The summed E-state index contributed by atoms with van der Waals surface area (Å²) < 4.78 is 0. The molecule has 7 nitrogen and oxygen atoms in total. The zero-order valence-electron chi connectivity index (χ0n) is 22.4. The number of carboxylic acid groups (broad SMARTS) is 1. The van der Waals surface area contributed by atoms with Crippen molar-refractivity contribution < 1.29 is 19.5 Å². The third-order valence-electron chi connectivity index (χ3n) is 6.43. The Morgan fingerprint density at radius 1 is 1.00 bits per heavy atom. The smallest absolute Gasteiger partial charge is 0.331 e. The minimum absolute atomic E-state index is 0.0124. The zero-order valence-corrected chi connectivity index (χ0v) is 22.4. The number of nitrogens with one attached hydrogen (secondary N) is 2. The van der Waals surface area contributed by atoms with Crippen LogP contribution in [0.2, 0.25) is 0 Å². The van der Waals surface area contributed by atoms with Crippen LogP contribution >= 0.6 is 0 Å². The second-order valence-electron chi connectivity index (χ2n) is 11.0. The van der Waals surface area contributed by atoms with Gasteiger partial charge >= 0.3 is 5.97 Å². The molecule has 0 radical (unpaired) electrons. The van der Waals surface area contributed by atoms with Gasteiger partial charge < -0.3 is 20.6 Å². The molecule has 0 saturated heterocycles. The minimum atomic E-state index is -1.02. The average molecular weight is 474 g/mol. The summed E-state index contributed by atoms with van der Waals surface area (Å²) in [7, 11) is 3.40. The van der Waals surface area contributed by atoms with Crippen LogP contribution in [0.25, 0.3) is 0 Å². The van der Waals surface area contributed by atoms with E-state index in [1.807, 2.05) is 78.8 Å². The number of carboxylic acids is 1. The van der Waals surface area contributed by atoms with Crippen molar-refractivity contribution in [2.24, 2.45) is 11.3 Å². The molecule has 0 aliphatic carbocycles. The summed E-state index contributed by atoms with van der Waals surface area (Å²) in [6.45, 7) is 15.1. The van der Waals surface area contributed by atoms with E-state index in [9.17, 15) is 19.5 Å². The van der Waals surface area contributed by atoms with Gasteiger partial charge in [-0.2, -0.15) is 0 Å². The number of amides is 2. The fourth-order valence-corrected chi connectivity index (χ4v) is 4.16. The molecule has 0 bridgehead atoms. The molecule has 2 amide bonds. The first-order valence-electron chi connectivity index (χ1n) is 11.8. The normalized spacial score (nSPS) is 15.4. The molecule has 190 valence electrons. The van der Waals surface area contributed by atoms with E-state index < -0.39 is 34.9 Å². The molecule has 1 aromatic rings. The van der Waals surface area contributed by atoms with Gasteiger partial charge in [0.1, 0.15) is 6.04 Å². The quantitative estimate of drug-likeness (QED) is 0.451. The van der Waals surface area contributed by atoms with Gasteiger partial charge in [0.25, 0.3) is 0 Å². The van der Waals surface area contributed by atoms with E-state index in [4.69, 9.17) is 0 Å². The molecular formula is C27H43N3O4. The monoisotopic (exact) mass is 473 g/mol. The molecule has 34 heavy (non-hydrogen) atoms. The lowest BCUT2D eigenvalue weighted by Crippen LogP contribution is -2.61. The maximum atomic E-state index is 13.7. The highest BCUT2D eigenvalue weighted by Crippen LogP contribution is 2.29. The maximum Gasteiger partial charge on any atom is 0.331 e. The van der Waals surface area contributed by atoms with Crippen molar-refractivity contribution in [3.63, 3.8) is 0 Å². The van der Waals surface area contributed by atoms with Crippen molar-refractivity contribution in [3.8, 4) is 0 Å². The first-order valence-corrected chi connectivity index (χ1v) is 11.8. The lowest BCUT2D eigenvalue weighted by Gasteiger charge is -2.39. The molecule has 0 saturated carbocycles. The van der Waals surface area contributed by atoms with Crippen LogP contribution in [-0.2, 0) is 19.8 Å². The standard InChI is InChI=1S/C27H43N3O4/c1-17(2)20(16-18(3)25(33)34)30(10)24(32)22(26(4,5)6)29-23(31)21(28-9)27(7,8)19-14-12-11-13-15-19/h11-17,20-22,28H,1-10H3,(H,29,31)(H,33,34)/b18-16+/t20-,21-,22?/m1/s1. The second-order valence-corrected chi connectivity index (χ2v) is 11.0. The molecule has 1 aromatic carbocycles. The molecule has 1 rings (SSSR count). The zero-order chi connectivity index (χ0) is 26.4. The van der Waals surface area contributed by atoms with E-state index in [0.29, 0.717) is 0 Å². The summed E-state index contributed by atoms with van der Waals surface area (Å²) in [6.07, 6.45) is 1.60. The second kappa shape index (κ2) is 11.6. The van der Waals surface area contributed by atoms with Crippen LogP contribution in [0.3, 0.4) is 0 Å². The predicted octanol–water partition coefficient (Wildman–Crippen LogP) is 3.60. The number of carbonyl (C=O) groups excluding carboxylic acids is 2. The summed E-state index contributed by atoms with van der Waals surface area (Å²) >= 11 is 0. The van der Waals surface area contributed by atoms with Crippen molar-refractivity contribution in [3.05, 3.63) is 47.5 Å². The van der Waals surface area contributed by atoms with Crippen LogP contribution in [0.1, 0.15) is 61.0 Å². The maximum absolute atomic E-state index is 13.7. The number of likely N-dealkylation sites (N-methyl/N-ethyl adjacent to an activating group) is 2. The Bertz CT molecular complexity index is 885. The van der Waals surface area contributed by atoms with Crippen LogP contribution in [-0.4, -0.2) is 60.0 Å². The van der Waals surface area contributed by atoms with Gasteiger partial charge in [0, 0.05) is 18.0 Å². The van der Waals surface area contributed by atoms with Crippen LogP contribution in [0.15, 0.2) is 42.0 Å². The number of rotatable bonds is 10.